The Kier molecular flexibility index (Phi) is 2.49. The minimum Gasteiger partial charge on any atom is -0.486 e. The first kappa shape index (κ1) is 9.83. The van der Waals surface area contributed by atoms with Gasteiger partial charge >= 0.3 is 0 Å². The number of nitrogens with one attached hydrogen (secondary N) is 1. The normalized spacial score (nSPS) is 13.5. The summed E-state index contributed by atoms with van der Waals surface area (Å²) in [5.74, 6) is 1.35. The average molecular weight is 207 g/mol. The summed E-state index contributed by atoms with van der Waals surface area (Å²) in [4.78, 5) is 11.0. The topological polar surface area (TPSA) is 47.6 Å². The first-order valence-electron chi connectivity index (χ1n) is 4.84. The number of ether oxygens (including phenoxy) is 2. The smallest absolute Gasteiger partial charge is 0.221 e. The maximum Gasteiger partial charge on any atom is 0.221 e. The highest BCUT2D eigenvalue weighted by molar-refractivity contribution is 5.90. The summed E-state index contributed by atoms with van der Waals surface area (Å²) in [6.07, 6.45) is 0. The van der Waals surface area contributed by atoms with E-state index in [2.05, 4.69) is 5.32 Å². The number of carbonyl (C=O) groups excluding carboxylic acids is 1. The second kappa shape index (κ2) is 3.81. The van der Waals surface area contributed by atoms with Crippen LogP contribution in [0.15, 0.2) is 12.1 Å². The molecule has 1 aliphatic rings. The van der Waals surface area contributed by atoms with E-state index < -0.39 is 0 Å². The van der Waals surface area contributed by atoms with Gasteiger partial charge in [0, 0.05) is 18.7 Å². The molecule has 15 heavy (non-hydrogen) atoms. The molecular formula is C11H13NO3. The van der Waals surface area contributed by atoms with Crippen molar-refractivity contribution in [3.05, 3.63) is 17.7 Å². The Bertz CT molecular complexity index is 401. The van der Waals surface area contributed by atoms with Gasteiger partial charge < -0.3 is 14.8 Å². The van der Waals surface area contributed by atoms with Gasteiger partial charge in [0.25, 0.3) is 0 Å². The molecule has 1 aliphatic heterocycles. The highest BCUT2D eigenvalue weighted by atomic mass is 16.6. The predicted octanol–water partition coefficient (Wildman–Crippen LogP) is 1.72. The fourth-order valence-corrected chi connectivity index (χ4v) is 1.51. The molecule has 0 fully saturated rings. The molecule has 0 bridgehead atoms. The van der Waals surface area contributed by atoms with Gasteiger partial charge in [0.15, 0.2) is 11.5 Å². The van der Waals surface area contributed by atoms with Gasteiger partial charge in [-0.15, -0.1) is 0 Å². The Labute approximate surface area is 88.2 Å². The average Bonchev–Trinajstić information content (AvgIpc) is 2.18. The summed E-state index contributed by atoms with van der Waals surface area (Å²) in [6, 6.07) is 3.67. The number of hydrogen-bond acceptors (Lipinski definition) is 3. The van der Waals surface area contributed by atoms with Crippen LogP contribution in [0.25, 0.3) is 0 Å². The molecule has 0 radical (unpaired) electrons. The predicted molar refractivity (Wildman–Crippen MR) is 56.5 cm³/mol. The Morgan fingerprint density at radius 2 is 1.87 bits per heavy atom. The van der Waals surface area contributed by atoms with Crippen LogP contribution in [0.3, 0.4) is 0 Å². The number of fused-ring (bicyclic) bond motifs is 1. The number of hydrogen-bond donors (Lipinski definition) is 1. The number of carbonyl (C=O) groups is 1. The molecule has 80 valence electrons. The van der Waals surface area contributed by atoms with Crippen LogP contribution in [-0.2, 0) is 4.79 Å². The number of aryl methyl sites for hydroxylation is 1. The van der Waals surface area contributed by atoms with Gasteiger partial charge in [-0.1, -0.05) is 0 Å². The molecule has 1 N–H and O–H groups in total. The van der Waals surface area contributed by atoms with Gasteiger partial charge in [0.05, 0.1) is 0 Å². The first-order chi connectivity index (χ1) is 7.16. The van der Waals surface area contributed by atoms with Crippen LogP contribution in [0.2, 0.25) is 0 Å². The number of benzene rings is 1. The van der Waals surface area contributed by atoms with Crippen LogP contribution < -0.4 is 14.8 Å². The van der Waals surface area contributed by atoms with Crippen LogP contribution in [-0.4, -0.2) is 19.1 Å². The number of rotatable bonds is 1. The molecule has 1 amide bonds. The SMILES string of the molecule is CC(=O)Nc1cc2c(cc1C)OCCO2. The maximum atomic E-state index is 11.0. The molecule has 0 spiro atoms. The molecule has 0 saturated carbocycles. The molecular weight excluding hydrogens is 194 g/mol. The van der Waals surface area contributed by atoms with Crippen molar-refractivity contribution < 1.29 is 14.3 Å². The van der Waals surface area contributed by atoms with Gasteiger partial charge in [-0.05, 0) is 18.6 Å². The van der Waals surface area contributed by atoms with Crippen molar-refractivity contribution in [3.8, 4) is 11.5 Å². The lowest BCUT2D eigenvalue weighted by Crippen LogP contribution is -2.16. The van der Waals surface area contributed by atoms with Crippen LogP contribution in [0, 0.1) is 6.92 Å². The van der Waals surface area contributed by atoms with Crippen molar-refractivity contribution in [3.63, 3.8) is 0 Å². The summed E-state index contributed by atoms with van der Waals surface area (Å²) < 4.78 is 10.9. The van der Waals surface area contributed by atoms with Crippen LogP contribution in [0.4, 0.5) is 5.69 Å². The zero-order valence-corrected chi connectivity index (χ0v) is 8.79. The largest absolute Gasteiger partial charge is 0.486 e. The summed E-state index contributed by atoms with van der Waals surface area (Å²) in [5, 5.41) is 2.75. The van der Waals surface area contributed by atoms with Gasteiger partial charge in [-0.3, -0.25) is 4.79 Å². The van der Waals surface area contributed by atoms with Crippen LogP contribution in [0.5, 0.6) is 11.5 Å². The molecule has 0 saturated heterocycles. The minimum absolute atomic E-state index is 0.0882. The zero-order chi connectivity index (χ0) is 10.8. The molecule has 4 heteroatoms. The molecule has 0 aromatic heterocycles. The Morgan fingerprint density at radius 3 is 2.47 bits per heavy atom. The van der Waals surface area contributed by atoms with Crippen LogP contribution in [0.1, 0.15) is 12.5 Å². The Morgan fingerprint density at radius 1 is 1.27 bits per heavy atom. The van der Waals surface area contributed by atoms with Crippen molar-refractivity contribution in [1.29, 1.82) is 0 Å². The van der Waals surface area contributed by atoms with E-state index in [0.717, 1.165) is 17.0 Å². The molecule has 0 aliphatic carbocycles. The van der Waals surface area contributed by atoms with E-state index in [-0.39, 0.29) is 5.91 Å². The van der Waals surface area contributed by atoms with E-state index in [4.69, 9.17) is 9.47 Å². The maximum absolute atomic E-state index is 11.0. The molecule has 1 aromatic carbocycles. The van der Waals surface area contributed by atoms with E-state index >= 15 is 0 Å². The van der Waals surface area contributed by atoms with E-state index in [1.54, 1.807) is 6.07 Å². The molecule has 4 nitrogen and oxygen atoms in total. The quantitative estimate of drug-likeness (QED) is 0.762. The van der Waals surface area contributed by atoms with Crippen LogP contribution >= 0.6 is 0 Å². The van der Waals surface area contributed by atoms with Gasteiger partial charge in [0.1, 0.15) is 13.2 Å². The highest BCUT2D eigenvalue weighted by Crippen LogP contribution is 2.35. The molecule has 1 heterocycles. The highest BCUT2D eigenvalue weighted by Gasteiger charge is 2.14. The van der Waals surface area contributed by atoms with E-state index in [1.165, 1.54) is 6.92 Å². The zero-order valence-electron chi connectivity index (χ0n) is 8.79. The molecule has 2 rings (SSSR count). The van der Waals surface area contributed by atoms with Gasteiger partial charge in [-0.2, -0.15) is 0 Å². The lowest BCUT2D eigenvalue weighted by Gasteiger charge is -2.20. The van der Waals surface area contributed by atoms with Crippen molar-refractivity contribution in [2.24, 2.45) is 0 Å². The number of anilines is 1. The Hall–Kier alpha value is -1.71. The second-order valence-corrected chi connectivity index (χ2v) is 3.49. The minimum atomic E-state index is -0.0882. The number of amides is 1. The first-order valence-corrected chi connectivity index (χ1v) is 4.84. The summed E-state index contributed by atoms with van der Waals surface area (Å²) in [7, 11) is 0. The fraction of sp³-hybridized carbons (Fsp3) is 0.364. The van der Waals surface area contributed by atoms with Crippen molar-refractivity contribution in [2.75, 3.05) is 18.5 Å². The van der Waals surface area contributed by atoms with Crippen molar-refractivity contribution >= 4 is 11.6 Å². The van der Waals surface area contributed by atoms with Crippen molar-refractivity contribution in [2.45, 2.75) is 13.8 Å². The van der Waals surface area contributed by atoms with Gasteiger partial charge in [-0.25, -0.2) is 0 Å². The summed E-state index contributed by atoms with van der Waals surface area (Å²) >= 11 is 0. The molecule has 0 atom stereocenters. The van der Waals surface area contributed by atoms with Gasteiger partial charge in [0.2, 0.25) is 5.91 Å². The third-order valence-electron chi connectivity index (χ3n) is 2.20. The standard InChI is InChI=1S/C11H13NO3/c1-7-5-10-11(15-4-3-14-10)6-9(7)12-8(2)13/h5-6H,3-4H2,1-2H3,(H,12,13). The monoisotopic (exact) mass is 207 g/mol. The van der Waals surface area contributed by atoms with E-state index in [0.29, 0.717) is 19.0 Å². The lowest BCUT2D eigenvalue weighted by molar-refractivity contribution is -0.114. The Balaban J connectivity index is 2.36. The van der Waals surface area contributed by atoms with E-state index in [1.807, 2.05) is 13.0 Å². The third-order valence-corrected chi connectivity index (χ3v) is 2.20. The molecule has 1 aromatic rings. The summed E-state index contributed by atoms with van der Waals surface area (Å²) in [6.45, 7) is 4.53. The van der Waals surface area contributed by atoms with Crippen molar-refractivity contribution in [1.82, 2.24) is 0 Å². The summed E-state index contributed by atoms with van der Waals surface area (Å²) in [5.41, 5.74) is 1.74. The third kappa shape index (κ3) is 2.03. The molecule has 0 unspecified atom stereocenters. The second-order valence-electron chi connectivity index (χ2n) is 3.49. The lowest BCUT2D eigenvalue weighted by atomic mass is 10.1. The fourth-order valence-electron chi connectivity index (χ4n) is 1.51. The van der Waals surface area contributed by atoms with E-state index in [9.17, 15) is 4.79 Å².